The van der Waals surface area contributed by atoms with Crippen molar-refractivity contribution in [3.63, 3.8) is 0 Å². The van der Waals surface area contributed by atoms with Crippen LogP contribution in [0, 0.1) is 0 Å². The number of nitrogens with one attached hydrogen (secondary N) is 1. The van der Waals surface area contributed by atoms with Gasteiger partial charge in [0.2, 0.25) is 0 Å². The highest BCUT2D eigenvalue weighted by molar-refractivity contribution is 5.89. The summed E-state index contributed by atoms with van der Waals surface area (Å²) in [7, 11) is 0. The molecule has 27 heavy (non-hydrogen) atoms. The number of carbonyl (C=O) groups is 1. The first-order valence-electron chi connectivity index (χ1n) is 9.15. The molecule has 6 nitrogen and oxygen atoms in total. The average molecular weight is 365 g/mol. The van der Waals surface area contributed by atoms with E-state index in [1.165, 1.54) is 4.57 Å². The van der Waals surface area contributed by atoms with Crippen LogP contribution in [-0.4, -0.2) is 48.0 Å². The number of hydrogen-bond donors (Lipinski definition) is 2. The highest BCUT2D eigenvalue weighted by Gasteiger charge is 2.22. The fraction of sp³-hybridized carbons (Fsp3) is 0.286. The van der Waals surface area contributed by atoms with E-state index in [0.717, 1.165) is 41.7 Å². The predicted molar refractivity (Wildman–Crippen MR) is 105 cm³/mol. The van der Waals surface area contributed by atoms with Gasteiger partial charge in [-0.05, 0) is 17.7 Å². The van der Waals surface area contributed by atoms with E-state index in [0.29, 0.717) is 0 Å². The molecule has 0 radical (unpaired) electrons. The Morgan fingerprint density at radius 2 is 1.96 bits per heavy atom. The minimum absolute atomic E-state index is 0.0640. The maximum absolute atomic E-state index is 12.4. The Morgan fingerprint density at radius 3 is 2.78 bits per heavy atom. The molecule has 2 N–H and O–H groups in total. The van der Waals surface area contributed by atoms with Gasteiger partial charge in [-0.15, -0.1) is 0 Å². The number of aromatic nitrogens is 1. The van der Waals surface area contributed by atoms with Crippen LogP contribution in [0.4, 0.5) is 10.5 Å². The third kappa shape index (κ3) is 3.82. The molecule has 0 unspecified atom stereocenters. The lowest BCUT2D eigenvalue weighted by Crippen LogP contribution is -2.53. The Bertz CT molecular complexity index is 923. The SMILES string of the molecule is O=C(OCc1ccccc1)n1cc2ccc(N3CCNC[C@H]3CO)cc2c1. The van der Waals surface area contributed by atoms with Gasteiger partial charge in [0.05, 0.1) is 12.6 Å². The Morgan fingerprint density at radius 1 is 1.15 bits per heavy atom. The van der Waals surface area contributed by atoms with Crippen molar-refractivity contribution in [2.24, 2.45) is 0 Å². The number of nitrogens with zero attached hydrogens (tertiary/aromatic N) is 2. The number of aliphatic hydroxyl groups excluding tert-OH is 1. The number of hydrogen-bond acceptors (Lipinski definition) is 5. The zero-order valence-electron chi connectivity index (χ0n) is 15.0. The van der Waals surface area contributed by atoms with Gasteiger partial charge in [-0.1, -0.05) is 36.4 Å². The van der Waals surface area contributed by atoms with E-state index in [-0.39, 0.29) is 19.3 Å². The van der Waals surface area contributed by atoms with E-state index in [9.17, 15) is 9.90 Å². The summed E-state index contributed by atoms with van der Waals surface area (Å²) < 4.78 is 6.88. The largest absolute Gasteiger partial charge is 0.444 e. The first-order chi connectivity index (χ1) is 13.2. The van der Waals surface area contributed by atoms with Crippen LogP contribution < -0.4 is 10.2 Å². The molecule has 1 aromatic heterocycles. The quantitative estimate of drug-likeness (QED) is 0.744. The number of fused-ring (bicyclic) bond motifs is 1. The summed E-state index contributed by atoms with van der Waals surface area (Å²) in [6, 6.07) is 15.8. The van der Waals surface area contributed by atoms with Gasteiger partial charge >= 0.3 is 6.09 Å². The number of rotatable bonds is 4. The van der Waals surface area contributed by atoms with Crippen molar-refractivity contribution < 1.29 is 14.6 Å². The number of aliphatic hydroxyl groups is 1. The molecule has 0 bridgehead atoms. The van der Waals surface area contributed by atoms with E-state index < -0.39 is 6.09 Å². The first-order valence-corrected chi connectivity index (χ1v) is 9.15. The molecule has 0 aliphatic carbocycles. The van der Waals surface area contributed by atoms with Crippen molar-refractivity contribution >= 4 is 22.6 Å². The third-order valence-electron chi connectivity index (χ3n) is 4.94. The summed E-state index contributed by atoms with van der Waals surface area (Å²) >= 11 is 0. The maximum atomic E-state index is 12.4. The van der Waals surface area contributed by atoms with E-state index in [1.807, 2.05) is 42.5 Å². The highest BCUT2D eigenvalue weighted by Crippen LogP contribution is 2.25. The Balaban J connectivity index is 1.51. The second-order valence-corrected chi connectivity index (χ2v) is 6.75. The predicted octanol–water partition coefficient (Wildman–Crippen LogP) is 2.60. The molecule has 1 aliphatic heterocycles. The van der Waals surface area contributed by atoms with E-state index >= 15 is 0 Å². The van der Waals surface area contributed by atoms with Gasteiger partial charge in [-0.25, -0.2) is 4.79 Å². The topological polar surface area (TPSA) is 66.7 Å². The molecule has 1 fully saturated rings. The molecular formula is C21H23N3O3. The molecule has 140 valence electrons. The number of piperazine rings is 1. The lowest BCUT2D eigenvalue weighted by Gasteiger charge is -2.37. The van der Waals surface area contributed by atoms with Crippen LogP contribution >= 0.6 is 0 Å². The van der Waals surface area contributed by atoms with Gasteiger partial charge in [0.1, 0.15) is 6.61 Å². The first kappa shape index (κ1) is 17.6. The average Bonchev–Trinajstić information content (AvgIpc) is 3.16. The molecule has 4 rings (SSSR count). The second kappa shape index (κ2) is 7.82. The normalized spacial score (nSPS) is 17.2. The molecular weight excluding hydrogens is 342 g/mol. The zero-order chi connectivity index (χ0) is 18.6. The van der Waals surface area contributed by atoms with Crippen LogP contribution in [0.15, 0.2) is 60.9 Å². The van der Waals surface area contributed by atoms with Crippen molar-refractivity contribution in [2.75, 3.05) is 31.1 Å². The van der Waals surface area contributed by atoms with Crippen molar-refractivity contribution in [3.8, 4) is 0 Å². The zero-order valence-corrected chi connectivity index (χ0v) is 15.0. The molecule has 2 heterocycles. The molecule has 6 heteroatoms. The Hall–Kier alpha value is -2.83. The Labute approximate surface area is 158 Å². The Kier molecular flexibility index (Phi) is 5.09. The minimum Gasteiger partial charge on any atom is -0.444 e. The lowest BCUT2D eigenvalue weighted by atomic mass is 10.1. The highest BCUT2D eigenvalue weighted by atomic mass is 16.5. The molecule has 1 aliphatic rings. The molecule has 3 aromatic rings. The summed E-state index contributed by atoms with van der Waals surface area (Å²) in [4.78, 5) is 14.6. The van der Waals surface area contributed by atoms with Gasteiger partial charge in [-0.2, -0.15) is 0 Å². The van der Waals surface area contributed by atoms with E-state index in [1.54, 1.807) is 12.4 Å². The summed E-state index contributed by atoms with van der Waals surface area (Å²) in [5.41, 5.74) is 2.01. The summed E-state index contributed by atoms with van der Waals surface area (Å²) in [6.45, 7) is 2.86. The summed E-state index contributed by atoms with van der Waals surface area (Å²) in [6.07, 6.45) is 3.18. The third-order valence-corrected chi connectivity index (χ3v) is 4.94. The van der Waals surface area contributed by atoms with Crippen molar-refractivity contribution in [1.82, 2.24) is 9.88 Å². The number of anilines is 1. The smallest absolute Gasteiger partial charge is 0.418 e. The van der Waals surface area contributed by atoms with Crippen LogP contribution in [0.5, 0.6) is 0 Å². The van der Waals surface area contributed by atoms with E-state index in [4.69, 9.17) is 4.74 Å². The number of benzene rings is 2. The fourth-order valence-corrected chi connectivity index (χ4v) is 3.47. The van der Waals surface area contributed by atoms with Gasteiger partial charge in [0.15, 0.2) is 0 Å². The van der Waals surface area contributed by atoms with Crippen molar-refractivity contribution in [3.05, 3.63) is 66.5 Å². The van der Waals surface area contributed by atoms with Crippen molar-refractivity contribution in [2.45, 2.75) is 12.6 Å². The summed E-state index contributed by atoms with van der Waals surface area (Å²) in [5.74, 6) is 0. The van der Waals surface area contributed by atoms with Crippen LogP contribution in [0.2, 0.25) is 0 Å². The lowest BCUT2D eigenvalue weighted by molar-refractivity contribution is 0.141. The molecule has 0 spiro atoms. The van der Waals surface area contributed by atoms with Gasteiger partial charge in [0, 0.05) is 48.5 Å². The van der Waals surface area contributed by atoms with Crippen molar-refractivity contribution in [1.29, 1.82) is 0 Å². The van der Waals surface area contributed by atoms with Crippen LogP contribution in [0.3, 0.4) is 0 Å². The van der Waals surface area contributed by atoms with Crippen LogP contribution in [0.1, 0.15) is 5.56 Å². The van der Waals surface area contributed by atoms with E-state index in [2.05, 4.69) is 16.3 Å². The van der Waals surface area contributed by atoms with Gasteiger partial charge in [0.25, 0.3) is 0 Å². The summed E-state index contributed by atoms with van der Waals surface area (Å²) in [5, 5.41) is 14.9. The number of ether oxygens (including phenoxy) is 1. The minimum atomic E-state index is -0.396. The molecule has 0 saturated carbocycles. The van der Waals surface area contributed by atoms with Crippen LogP contribution in [-0.2, 0) is 11.3 Å². The molecule has 0 amide bonds. The fourth-order valence-electron chi connectivity index (χ4n) is 3.47. The molecule has 2 aromatic carbocycles. The standard InChI is InChI=1S/C21H23N3O3/c25-14-20-11-22-8-9-24(20)19-7-6-17-12-23(13-18(17)10-19)21(26)27-15-16-4-2-1-3-5-16/h1-7,10,12-13,20,22,25H,8-9,11,14-15H2/t20-/m0/s1. The molecule has 1 saturated heterocycles. The second-order valence-electron chi connectivity index (χ2n) is 6.75. The maximum Gasteiger partial charge on any atom is 0.418 e. The van der Waals surface area contributed by atoms with Gasteiger partial charge < -0.3 is 20.1 Å². The molecule has 1 atom stereocenters. The van der Waals surface area contributed by atoms with Gasteiger partial charge in [-0.3, -0.25) is 4.57 Å². The number of carbonyl (C=O) groups excluding carboxylic acids is 1. The van der Waals surface area contributed by atoms with Crippen LogP contribution in [0.25, 0.3) is 10.8 Å². The monoisotopic (exact) mass is 365 g/mol.